The summed E-state index contributed by atoms with van der Waals surface area (Å²) in [5.41, 5.74) is 0. The number of nitrogens with one attached hydrogen (secondary N) is 1. The van der Waals surface area contributed by atoms with E-state index in [0.717, 1.165) is 135 Å². The largest absolute Gasteiger partial charge is 0.454 e. The quantitative estimate of drug-likeness (QED) is 0.0149. The monoisotopic (exact) mass is 1060 g/mol. The van der Waals surface area contributed by atoms with Gasteiger partial charge in [0.2, 0.25) is 5.91 Å². The fraction of sp³-hybridized carbons (Fsp3) is 0.692. The lowest BCUT2D eigenvalue weighted by molar-refractivity contribution is -0.305. The first-order valence-electron chi connectivity index (χ1n) is 30.2. The molecule has 434 valence electrons. The third kappa shape index (κ3) is 39.6. The zero-order valence-corrected chi connectivity index (χ0v) is 47.8. The molecule has 0 aromatic rings. The topological polar surface area (TPSA) is 175 Å². The molecule has 1 heterocycles. The van der Waals surface area contributed by atoms with Gasteiger partial charge in [0.25, 0.3) is 0 Å². The molecule has 0 radical (unpaired) electrons. The maximum atomic E-state index is 13.4. The van der Waals surface area contributed by atoms with E-state index in [4.69, 9.17) is 14.2 Å². The van der Waals surface area contributed by atoms with E-state index in [9.17, 15) is 35.1 Å². The Hall–Kier alpha value is -3.68. The number of ether oxygens (including phenoxy) is 3. The van der Waals surface area contributed by atoms with Gasteiger partial charge in [0.1, 0.15) is 24.4 Å². The molecular weight excluding hydrogens is 955 g/mol. The molecule has 1 amide bonds. The summed E-state index contributed by atoms with van der Waals surface area (Å²) >= 11 is 0. The summed E-state index contributed by atoms with van der Waals surface area (Å²) in [6.07, 6.45) is 59.8. The van der Waals surface area contributed by atoms with E-state index in [0.29, 0.717) is 12.8 Å². The Morgan fingerprint density at radius 1 is 0.539 bits per heavy atom. The number of unbranched alkanes of at least 4 members (excludes halogenated alkanes) is 21. The van der Waals surface area contributed by atoms with Gasteiger partial charge in [-0.1, -0.05) is 239 Å². The number of aliphatic hydroxyl groups excluding tert-OH is 5. The van der Waals surface area contributed by atoms with Crippen molar-refractivity contribution in [1.82, 2.24) is 5.32 Å². The van der Waals surface area contributed by atoms with Crippen LogP contribution in [0.1, 0.15) is 226 Å². The van der Waals surface area contributed by atoms with Crippen molar-refractivity contribution in [3.63, 3.8) is 0 Å². The molecule has 1 rings (SSSR count). The molecule has 0 saturated carbocycles. The number of hydrogen-bond donors (Lipinski definition) is 6. The molecule has 0 aliphatic carbocycles. The van der Waals surface area contributed by atoms with E-state index in [1.807, 2.05) is 12.2 Å². The first kappa shape index (κ1) is 70.3. The van der Waals surface area contributed by atoms with Crippen LogP contribution in [0.4, 0.5) is 0 Å². The summed E-state index contributed by atoms with van der Waals surface area (Å²) in [7, 11) is 0. The predicted octanol–water partition coefficient (Wildman–Crippen LogP) is 14.1. The molecule has 11 nitrogen and oxygen atoms in total. The molecule has 11 heteroatoms. The Balaban J connectivity index is 2.72. The zero-order chi connectivity index (χ0) is 55.4. The lowest BCUT2D eigenvalue weighted by Crippen LogP contribution is -2.61. The minimum Gasteiger partial charge on any atom is -0.454 e. The maximum Gasteiger partial charge on any atom is 0.306 e. The van der Waals surface area contributed by atoms with Gasteiger partial charge in [-0.25, -0.2) is 0 Å². The van der Waals surface area contributed by atoms with Crippen LogP contribution in [0.3, 0.4) is 0 Å². The van der Waals surface area contributed by atoms with Gasteiger partial charge in [-0.2, -0.15) is 0 Å². The molecule has 76 heavy (non-hydrogen) atoms. The average Bonchev–Trinajstić information content (AvgIpc) is 3.42. The number of rotatable bonds is 49. The minimum absolute atomic E-state index is 0.102. The van der Waals surface area contributed by atoms with Crippen molar-refractivity contribution in [2.75, 3.05) is 13.2 Å². The van der Waals surface area contributed by atoms with Crippen molar-refractivity contribution in [2.45, 2.75) is 275 Å². The summed E-state index contributed by atoms with van der Waals surface area (Å²) in [4.78, 5) is 26.5. The Kier molecular flexibility index (Phi) is 48.2. The van der Waals surface area contributed by atoms with E-state index in [1.54, 1.807) is 6.08 Å². The van der Waals surface area contributed by atoms with E-state index < -0.39 is 67.4 Å². The third-order valence-corrected chi connectivity index (χ3v) is 13.5. The van der Waals surface area contributed by atoms with Gasteiger partial charge in [-0.3, -0.25) is 9.59 Å². The third-order valence-electron chi connectivity index (χ3n) is 13.5. The molecule has 6 N–H and O–H groups in total. The second-order valence-corrected chi connectivity index (χ2v) is 20.4. The molecule has 0 bridgehead atoms. The molecule has 1 aliphatic heterocycles. The highest BCUT2D eigenvalue weighted by atomic mass is 16.7. The number of carbonyl (C=O) groups excluding carboxylic acids is 2. The maximum absolute atomic E-state index is 13.4. The van der Waals surface area contributed by atoms with E-state index in [2.05, 4.69) is 117 Å². The van der Waals surface area contributed by atoms with Crippen molar-refractivity contribution < 1.29 is 49.3 Å². The highest BCUT2D eigenvalue weighted by Gasteiger charge is 2.47. The Morgan fingerprint density at radius 3 is 1.57 bits per heavy atom. The Morgan fingerprint density at radius 2 is 1.01 bits per heavy atom. The molecule has 0 spiro atoms. The lowest BCUT2D eigenvalue weighted by atomic mass is 9.99. The summed E-state index contributed by atoms with van der Waals surface area (Å²) in [6.45, 7) is 5.51. The number of allylic oxidation sites excluding steroid dienone is 17. The summed E-state index contributed by atoms with van der Waals surface area (Å²) in [6, 6.07) is -1.04. The van der Waals surface area contributed by atoms with Gasteiger partial charge in [-0.05, 0) is 89.9 Å². The molecule has 0 aromatic carbocycles. The van der Waals surface area contributed by atoms with Crippen LogP contribution in [0.5, 0.6) is 0 Å². The Bertz CT molecular complexity index is 1650. The standard InChI is InChI=1S/C65H109NO10/c1-4-7-10-13-16-19-22-25-27-28-29-30-31-33-34-37-40-43-46-49-52-58(69)64(73)66-56(57(68)51-48-45-42-39-36-24-21-18-15-12-9-6-3)55-74-65-63(62(72)61(71)59(54-67)75-65)76-60(70)53-50-47-44-41-38-35-32-26-23-20-17-14-11-8-5-2/h7-8,10-11,14,16-17,19-20,23,25,27,29-30,33-34,48,51,56-59,61-63,65,67-69,71-72H,4-6,9,12-13,15,18,21-22,24,26,28,31-32,35-47,49-50,52-55H2,1-3H3,(H,66,73)/b10-7-,11-8+,17-14+,19-16-,23-20+,27-25-,30-29-,34-33-,51-48+. The van der Waals surface area contributed by atoms with Gasteiger partial charge in [0.15, 0.2) is 12.4 Å². The van der Waals surface area contributed by atoms with Gasteiger partial charge in [0.05, 0.1) is 25.4 Å². The van der Waals surface area contributed by atoms with Crippen LogP contribution in [-0.4, -0.2) is 99.6 Å². The molecule has 1 aliphatic rings. The highest BCUT2D eigenvalue weighted by Crippen LogP contribution is 2.26. The molecule has 0 aromatic heterocycles. The number of esters is 1. The number of aliphatic hydroxyl groups is 5. The minimum atomic E-state index is -1.63. The first-order chi connectivity index (χ1) is 37.2. The number of hydrogen-bond acceptors (Lipinski definition) is 10. The van der Waals surface area contributed by atoms with Crippen LogP contribution in [0.15, 0.2) is 109 Å². The number of amides is 1. The van der Waals surface area contributed by atoms with Crippen LogP contribution in [0.2, 0.25) is 0 Å². The lowest BCUT2D eigenvalue weighted by Gasteiger charge is -2.41. The fourth-order valence-electron chi connectivity index (χ4n) is 8.74. The van der Waals surface area contributed by atoms with E-state index >= 15 is 0 Å². The first-order valence-corrected chi connectivity index (χ1v) is 30.2. The fourth-order valence-corrected chi connectivity index (χ4v) is 8.74. The number of carbonyl (C=O) groups is 2. The second kappa shape index (κ2) is 52.0. The normalized spacial score (nSPS) is 19.9. The molecule has 8 unspecified atom stereocenters. The van der Waals surface area contributed by atoms with Crippen molar-refractivity contribution in [2.24, 2.45) is 0 Å². The molecular formula is C65H109NO10. The van der Waals surface area contributed by atoms with Crippen molar-refractivity contribution in [1.29, 1.82) is 0 Å². The van der Waals surface area contributed by atoms with Crippen LogP contribution < -0.4 is 5.32 Å². The highest BCUT2D eigenvalue weighted by molar-refractivity contribution is 5.80. The van der Waals surface area contributed by atoms with E-state index in [-0.39, 0.29) is 19.4 Å². The van der Waals surface area contributed by atoms with Gasteiger partial charge >= 0.3 is 5.97 Å². The molecule has 8 atom stereocenters. The van der Waals surface area contributed by atoms with Crippen molar-refractivity contribution in [3.8, 4) is 0 Å². The van der Waals surface area contributed by atoms with Crippen LogP contribution in [0.25, 0.3) is 0 Å². The van der Waals surface area contributed by atoms with Crippen LogP contribution >= 0.6 is 0 Å². The SMILES string of the molecule is CC/C=C\C/C=C\C/C=C\C/C=C\C/C=C\CCCCCCC(O)C(=O)NC(COC1OC(CO)C(O)C(O)C1OC(=O)CCCCCCCCC/C=C/C=C/C=C/CC)C(O)/C=C/CCCCCCCCCCCC. The van der Waals surface area contributed by atoms with Gasteiger partial charge in [-0.15, -0.1) is 0 Å². The summed E-state index contributed by atoms with van der Waals surface area (Å²) in [5.74, 6) is -1.24. The molecule has 1 saturated heterocycles. The smallest absolute Gasteiger partial charge is 0.306 e. The second-order valence-electron chi connectivity index (χ2n) is 20.4. The van der Waals surface area contributed by atoms with Gasteiger partial charge in [0, 0.05) is 6.42 Å². The van der Waals surface area contributed by atoms with E-state index in [1.165, 1.54) is 44.9 Å². The van der Waals surface area contributed by atoms with Crippen LogP contribution in [0, 0.1) is 0 Å². The van der Waals surface area contributed by atoms with Crippen LogP contribution in [-0.2, 0) is 23.8 Å². The summed E-state index contributed by atoms with van der Waals surface area (Å²) < 4.78 is 17.6. The predicted molar refractivity (Wildman–Crippen MR) is 315 cm³/mol. The zero-order valence-electron chi connectivity index (χ0n) is 47.8. The van der Waals surface area contributed by atoms with Crippen molar-refractivity contribution >= 4 is 11.9 Å². The van der Waals surface area contributed by atoms with Gasteiger partial charge < -0.3 is 45.1 Å². The Labute approximate surface area is 462 Å². The molecule has 1 fully saturated rings. The average molecular weight is 1060 g/mol. The summed E-state index contributed by atoms with van der Waals surface area (Å²) in [5, 5.41) is 56.9. The van der Waals surface area contributed by atoms with Crippen molar-refractivity contribution in [3.05, 3.63) is 109 Å².